The van der Waals surface area contributed by atoms with Gasteiger partial charge in [-0.05, 0) is 24.3 Å². The third kappa shape index (κ3) is 4.31. The predicted octanol–water partition coefficient (Wildman–Crippen LogP) is 1.10. The predicted molar refractivity (Wildman–Crippen MR) is 81.1 cm³/mol. The van der Waals surface area contributed by atoms with Crippen molar-refractivity contribution in [1.82, 2.24) is 10.3 Å². The SMILES string of the molecule is O=C(NCc1ccc(C#CCCO)s1)c1ccc[nH]c1=O. The first-order valence-electron chi connectivity index (χ1n) is 6.35. The second-order valence-electron chi connectivity index (χ2n) is 4.14. The van der Waals surface area contributed by atoms with Crippen molar-refractivity contribution in [2.75, 3.05) is 6.61 Å². The van der Waals surface area contributed by atoms with Crippen molar-refractivity contribution in [3.05, 3.63) is 56.1 Å². The Morgan fingerprint density at radius 2 is 2.24 bits per heavy atom. The van der Waals surface area contributed by atoms with E-state index >= 15 is 0 Å². The van der Waals surface area contributed by atoms with Crippen LogP contribution >= 0.6 is 11.3 Å². The molecular weight excluding hydrogens is 288 g/mol. The van der Waals surface area contributed by atoms with E-state index in [2.05, 4.69) is 22.1 Å². The summed E-state index contributed by atoms with van der Waals surface area (Å²) in [6.45, 7) is 0.395. The zero-order valence-electron chi connectivity index (χ0n) is 11.2. The van der Waals surface area contributed by atoms with Gasteiger partial charge < -0.3 is 15.4 Å². The second kappa shape index (κ2) is 7.43. The third-order valence-electron chi connectivity index (χ3n) is 2.60. The average Bonchev–Trinajstić information content (AvgIpc) is 2.93. The Bertz CT molecular complexity index is 737. The maximum atomic E-state index is 11.9. The largest absolute Gasteiger partial charge is 0.395 e. The van der Waals surface area contributed by atoms with Gasteiger partial charge in [0.05, 0.1) is 18.0 Å². The van der Waals surface area contributed by atoms with Crippen LogP contribution in [0.2, 0.25) is 0 Å². The summed E-state index contributed by atoms with van der Waals surface area (Å²) in [6, 6.07) is 6.83. The lowest BCUT2D eigenvalue weighted by atomic mass is 10.2. The smallest absolute Gasteiger partial charge is 0.260 e. The van der Waals surface area contributed by atoms with Gasteiger partial charge in [-0.15, -0.1) is 11.3 Å². The molecule has 0 aliphatic carbocycles. The van der Waals surface area contributed by atoms with Crippen molar-refractivity contribution in [2.24, 2.45) is 0 Å². The number of nitrogens with one attached hydrogen (secondary N) is 2. The van der Waals surface area contributed by atoms with Crippen LogP contribution in [0.5, 0.6) is 0 Å². The van der Waals surface area contributed by atoms with Crippen LogP contribution in [0.25, 0.3) is 0 Å². The van der Waals surface area contributed by atoms with E-state index in [9.17, 15) is 9.59 Å². The Morgan fingerprint density at radius 3 is 3.00 bits per heavy atom. The molecule has 0 aliphatic heterocycles. The first-order valence-corrected chi connectivity index (χ1v) is 7.16. The lowest BCUT2D eigenvalue weighted by molar-refractivity contribution is 0.0950. The van der Waals surface area contributed by atoms with E-state index in [1.165, 1.54) is 23.6 Å². The highest BCUT2D eigenvalue weighted by Crippen LogP contribution is 2.15. The van der Waals surface area contributed by atoms with E-state index < -0.39 is 11.5 Å². The number of aromatic nitrogens is 1. The summed E-state index contributed by atoms with van der Waals surface area (Å²) in [5, 5.41) is 11.4. The van der Waals surface area contributed by atoms with E-state index in [1.54, 1.807) is 6.07 Å². The number of rotatable bonds is 4. The van der Waals surface area contributed by atoms with Crippen LogP contribution in [-0.4, -0.2) is 22.6 Å². The number of hydrogen-bond acceptors (Lipinski definition) is 4. The van der Waals surface area contributed by atoms with Gasteiger partial charge in [-0.1, -0.05) is 11.8 Å². The van der Waals surface area contributed by atoms with Crippen LogP contribution in [-0.2, 0) is 6.54 Å². The highest BCUT2D eigenvalue weighted by Gasteiger charge is 2.09. The van der Waals surface area contributed by atoms with Gasteiger partial charge in [0.25, 0.3) is 11.5 Å². The summed E-state index contributed by atoms with van der Waals surface area (Å²) in [7, 11) is 0. The van der Waals surface area contributed by atoms with Gasteiger partial charge in [-0.25, -0.2) is 0 Å². The standard InChI is InChI=1S/C15H14N2O3S/c18-9-2-1-4-11-6-7-12(21-11)10-17-15(20)13-5-3-8-16-14(13)19/h3,5-8,18H,2,9-10H2,(H,16,19)(H,17,20). The Morgan fingerprint density at radius 1 is 1.38 bits per heavy atom. The molecule has 3 N–H and O–H groups in total. The molecule has 108 valence electrons. The van der Waals surface area contributed by atoms with Crippen molar-refractivity contribution < 1.29 is 9.90 Å². The fraction of sp³-hybridized carbons (Fsp3) is 0.200. The van der Waals surface area contributed by atoms with Gasteiger partial charge in [0.1, 0.15) is 5.56 Å². The highest BCUT2D eigenvalue weighted by molar-refractivity contribution is 7.12. The summed E-state index contributed by atoms with van der Waals surface area (Å²) in [4.78, 5) is 27.6. The molecule has 2 rings (SSSR count). The molecule has 5 nitrogen and oxygen atoms in total. The molecule has 0 saturated heterocycles. The molecule has 0 radical (unpaired) electrons. The molecule has 0 aliphatic rings. The van der Waals surface area contributed by atoms with Gasteiger partial charge >= 0.3 is 0 Å². The number of hydrogen-bond donors (Lipinski definition) is 3. The second-order valence-corrected chi connectivity index (χ2v) is 5.31. The fourth-order valence-electron chi connectivity index (χ4n) is 1.61. The normalized spacial score (nSPS) is 9.76. The van der Waals surface area contributed by atoms with Crippen molar-refractivity contribution in [2.45, 2.75) is 13.0 Å². The maximum absolute atomic E-state index is 11.9. The van der Waals surface area contributed by atoms with Gasteiger partial charge in [0.15, 0.2) is 0 Å². The summed E-state index contributed by atoms with van der Waals surface area (Å²) >= 11 is 1.47. The molecule has 0 aromatic carbocycles. The molecular formula is C15H14N2O3S. The average molecular weight is 302 g/mol. The van der Waals surface area contributed by atoms with Gasteiger partial charge in [0, 0.05) is 17.5 Å². The number of carbonyl (C=O) groups is 1. The topological polar surface area (TPSA) is 82.2 Å². The molecule has 6 heteroatoms. The van der Waals surface area contributed by atoms with E-state index in [0.29, 0.717) is 13.0 Å². The van der Waals surface area contributed by atoms with Crippen LogP contribution in [0.4, 0.5) is 0 Å². The summed E-state index contributed by atoms with van der Waals surface area (Å²) in [5.41, 5.74) is -0.311. The minimum absolute atomic E-state index is 0.0485. The van der Waals surface area contributed by atoms with E-state index in [-0.39, 0.29) is 12.2 Å². The molecule has 2 aromatic rings. The summed E-state index contributed by atoms with van der Waals surface area (Å²) in [5.74, 6) is 5.37. The Kier molecular flexibility index (Phi) is 5.32. The van der Waals surface area contributed by atoms with E-state index in [0.717, 1.165) is 9.75 Å². The number of aliphatic hydroxyl groups is 1. The number of amides is 1. The molecule has 0 atom stereocenters. The van der Waals surface area contributed by atoms with Crippen molar-refractivity contribution in [3.8, 4) is 11.8 Å². The Balaban J connectivity index is 1.95. The van der Waals surface area contributed by atoms with Gasteiger partial charge in [-0.2, -0.15) is 0 Å². The maximum Gasteiger partial charge on any atom is 0.260 e. The minimum atomic E-state index is -0.406. The number of carbonyl (C=O) groups excluding carboxylic acids is 1. The molecule has 0 fully saturated rings. The van der Waals surface area contributed by atoms with Gasteiger partial charge in [0.2, 0.25) is 0 Å². The fourth-order valence-corrected chi connectivity index (χ4v) is 2.43. The van der Waals surface area contributed by atoms with Crippen LogP contribution in [0, 0.1) is 11.8 Å². The van der Waals surface area contributed by atoms with Gasteiger partial charge in [-0.3, -0.25) is 9.59 Å². The zero-order chi connectivity index (χ0) is 15.1. The number of thiophene rings is 1. The molecule has 21 heavy (non-hydrogen) atoms. The van der Waals surface area contributed by atoms with Crippen LogP contribution < -0.4 is 10.9 Å². The molecule has 1 amide bonds. The molecule has 0 spiro atoms. The molecule has 0 bridgehead atoms. The molecule has 2 heterocycles. The number of aliphatic hydroxyl groups excluding tert-OH is 1. The quantitative estimate of drug-likeness (QED) is 0.740. The number of H-pyrrole nitrogens is 1. The van der Waals surface area contributed by atoms with Crippen LogP contribution in [0.3, 0.4) is 0 Å². The zero-order valence-corrected chi connectivity index (χ0v) is 12.0. The highest BCUT2D eigenvalue weighted by atomic mass is 32.1. The van der Waals surface area contributed by atoms with Crippen LogP contribution in [0.15, 0.2) is 35.3 Å². The summed E-state index contributed by atoms with van der Waals surface area (Å²) < 4.78 is 0. The number of aromatic amines is 1. The van der Waals surface area contributed by atoms with Crippen molar-refractivity contribution in [1.29, 1.82) is 0 Å². The monoisotopic (exact) mass is 302 g/mol. The molecule has 2 aromatic heterocycles. The van der Waals surface area contributed by atoms with Crippen molar-refractivity contribution >= 4 is 17.2 Å². The molecule has 0 saturated carbocycles. The lowest BCUT2D eigenvalue weighted by Gasteiger charge is -2.02. The Labute approximate surface area is 125 Å². The molecule has 0 unspecified atom stereocenters. The third-order valence-corrected chi connectivity index (χ3v) is 3.60. The first kappa shape index (κ1) is 15.0. The van der Waals surface area contributed by atoms with Crippen LogP contribution in [0.1, 0.15) is 26.5 Å². The van der Waals surface area contributed by atoms with E-state index in [4.69, 9.17) is 5.11 Å². The number of pyridine rings is 1. The first-order chi connectivity index (χ1) is 10.2. The van der Waals surface area contributed by atoms with E-state index in [1.807, 2.05) is 12.1 Å². The lowest BCUT2D eigenvalue weighted by Crippen LogP contribution is -2.28. The summed E-state index contributed by atoms with van der Waals surface area (Å²) in [6.07, 6.45) is 1.93. The Hall–Kier alpha value is -2.36. The van der Waals surface area contributed by atoms with Crippen molar-refractivity contribution in [3.63, 3.8) is 0 Å². The minimum Gasteiger partial charge on any atom is -0.395 e.